The quantitative estimate of drug-likeness (QED) is 0.772. The van der Waals surface area contributed by atoms with Gasteiger partial charge in [0.1, 0.15) is 0 Å². The fourth-order valence-electron chi connectivity index (χ4n) is 1.34. The van der Waals surface area contributed by atoms with Gasteiger partial charge in [0, 0.05) is 24.5 Å². The van der Waals surface area contributed by atoms with Crippen molar-refractivity contribution in [3.05, 3.63) is 34.0 Å². The molecule has 0 amide bonds. The Labute approximate surface area is 87.4 Å². The lowest BCUT2D eigenvalue weighted by Crippen LogP contribution is -2.01. The van der Waals surface area contributed by atoms with Crippen molar-refractivity contribution in [3.8, 4) is 0 Å². The van der Waals surface area contributed by atoms with E-state index in [1.165, 1.54) is 11.3 Å². The maximum atomic E-state index is 4.41. The number of nitrogens with zero attached hydrogens (tertiary/aromatic N) is 3. The van der Waals surface area contributed by atoms with Gasteiger partial charge in [0.2, 0.25) is 0 Å². The summed E-state index contributed by atoms with van der Waals surface area (Å²) in [4.78, 5) is 4.41. The second-order valence-electron chi connectivity index (χ2n) is 3.39. The van der Waals surface area contributed by atoms with Crippen LogP contribution in [0, 0.1) is 13.8 Å². The van der Waals surface area contributed by atoms with Crippen molar-refractivity contribution < 1.29 is 0 Å². The third-order valence-electron chi connectivity index (χ3n) is 2.03. The van der Waals surface area contributed by atoms with Gasteiger partial charge in [-0.2, -0.15) is 5.10 Å². The third kappa shape index (κ3) is 2.20. The molecule has 2 heterocycles. The first-order valence-electron chi connectivity index (χ1n) is 4.64. The highest BCUT2D eigenvalue weighted by atomic mass is 32.1. The molecular weight excluding hydrogens is 194 g/mol. The van der Waals surface area contributed by atoms with Crippen LogP contribution in [-0.2, 0) is 13.0 Å². The number of aromatic nitrogens is 3. The average molecular weight is 207 g/mol. The smallest absolute Gasteiger partial charge is 0.0897 e. The van der Waals surface area contributed by atoms with Crippen LogP contribution >= 0.6 is 11.3 Å². The zero-order valence-electron chi connectivity index (χ0n) is 8.40. The summed E-state index contributed by atoms with van der Waals surface area (Å²) in [6.07, 6.45) is 4.90. The highest BCUT2D eigenvalue weighted by Crippen LogP contribution is 2.09. The summed E-state index contributed by atoms with van der Waals surface area (Å²) >= 11 is 1.70. The van der Waals surface area contributed by atoms with Gasteiger partial charge >= 0.3 is 0 Å². The van der Waals surface area contributed by atoms with E-state index in [0.717, 1.165) is 18.0 Å². The first-order chi connectivity index (χ1) is 6.74. The molecule has 3 nitrogen and oxygen atoms in total. The molecule has 0 fully saturated rings. The van der Waals surface area contributed by atoms with Gasteiger partial charge in [-0.3, -0.25) is 4.68 Å². The van der Waals surface area contributed by atoms with Crippen molar-refractivity contribution in [3.63, 3.8) is 0 Å². The van der Waals surface area contributed by atoms with Crippen LogP contribution in [0.4, 0.5) is 0 Å². The average Bonchev–Trinajstić information content (AvgIpc) is 2.72. The standard InChI is InChI=1S/C10H13N3S/c1-8-5-11-13(6-8)4-3-10-7-14-9(2)12-10/h5-7H,3-4H2,1-2H3. The first kappa shape index (κ1) is 9.40. The van der Waals surface area contributed by atoms with Crippen molar-refractivity contribution >= 4 is 11.3 Å². The van der Waals surface area contributed by atoms with Crippen LogP contribution in [0.3, 0.4) is 0 Å². The molecule has 4 heteroatoms. The molecule has 0 spiro atoms. The highest BCUT2D eigenvalue weighted by molar-refractivity contribution is 7.09. The number of aryl methyl sites for hydroxylation is 4. The van der Waals surface area contributed by atoms with E-state index in [1.807, 2.05) is 17.8 Å². The van der Waals surface area contributed by atoms with E-state index >= 15 is 0 Å². The molecule has 0 N–H and O–H groups in total. The topological polar surface area (TPSA) is 30.7 Å². The van der Waals surface area contributed by atoms with Crippen molar-refractivity contribution in [2.75, 3.05) is 0 Å². The molecule has 0 saturated heterocycles. The predicted octanol–water partition coefficient (Wildman–Crippen LogP) is 2.20. The lowest BCUT2D eigenvalue weighted by atomic mass is 10.3. The van der Waals surface area contributed by atoms with Gasteiger partial charge in [-0.1, -0.05) is 0 Å². The van der Waals surface area contributed by atoms with E-state index in [0.29, 0.717) is 0 Å². The van der Waals surface area contributed by atoms with E-state index in [2.05, 4.69) is 28.6 Å². The zero-order valence-corrected chi connectivity index (χ0v) is 9.21. The Balaban J connectivity index is 1.94. The summed E-state index contributed by atoms with van der Waals surface area (Å²) < 4.78 is 1.96. The van der Waals surface area contributed by atoms with Crippen molar-refractivity contribution in [1.82, 2.24) is 14.8 Å². The molecule has 0 aliphatic rings. The Bertz CT molecular complexity index is 376. The molecule has 0 saturated carbocycles. The van der Waals surface area contributed by atoms with Crippen LogP contribution in [-0.4, -0.2) is 14.8 Å². The number of thiazole rings is 1. The van der Waals surface area contributed by atoms with Crippen LogP contribution in [0.2, 0.25) is 0 Å². The first-order valence-corrected chi connectivity index (χ1v) is 5.52. The monoisotopic (exact) mass is 207 g/mol. The zero-order chi connectivity index (χ0) is 9.97. The van der Waals surface area contributed by atoms with Gasteiger partial charge < -0.3 is 0 Å². The number of hydrogen-bond donors (Lipinski definition) is 0. The second kappa shape index (κ2) is 3.92. The fourth-order valence-corrected chi connectivity index (χ4v) is 1.99. The summed E-state index contributed by atoms with van der Waals surface area (Å²) in [6, 6.07) is 0. The molecule has 0 unspecified atom stereocenters. The minimum Gasteiger partial charge on any atom is -0.272 e. The normalized spacial score (nSPS) is 10.7. The summed E-state index contributed by atoms with van der Waals surface area (Å²) in [5.74, 6) is 0. The van der Waals surface area contributed by atoms with E-state index in [1.54, 1.807) is 11.3 Å². The summed E-state index contributed by atoms with van der Waals surface area (Å²) in [5, 5.41) is 7.48. The fraction of sp³-hybridized carbons (Fsp3) is 0.400. The van der Waals surface area contributed by atoms with Crippen molar-refractivity contribution in [2.24, 2.45) is 0 Å². The Morgan fingerprint density at radius 1 is 1.43 bits per heavy atom. The molecule has 2 rings (SSSR count). The maximum Gasteiger partial charge on any atom is 0.0897 e. The summed E-state index contributed by atoms with van der Waals surface area (Å²) in [7, 11) is 0. The van der Waals surface area contributed by atoms with Gasteiger partial charge in [-0.05, 0) is 19.4 Å². The minimum absolute atomic E-state index is 0.914. The molecular formula is C10H13N3S. The second-order valence-corrected chi connectivity index (χ2v) is 4.45. The van der Waals surface area contributed by atoms with E-state index in [4.69, 9.17) is 0 Å². The molecule has 2 aromatic heterocycles. The van der Waals surface area contributed by atoms with Crippen LogP contribution < -0.4 is 0 Å². The Kier molecular flexibility index (Phi) is 2.63. The number of rotatable bonds is 3. The summed E-state index contributed by atoms with van der Waals surface area (Å²) in [6.45, 7) is 5.00. The predicted molar refractivity (Wildman–Crippen MR) is 57.5 cm³/mol. The summed E-state index contributed by atoms with van der Waals surface area (Å²) in [5.41, 5.74) is 2.38. The SMILES string of the molecule is Cc1cnn(CCc2csc(C)n2)c1. The lowest BCUT2D eigenvalue weighted by molar-refractivity contribution is 0.609. The van der Waals surface area contributed by atoms with Crippen molar-refractivity contribution in [1.29, 1.82) is 0 Å². The molecule has 2 aromatic rings. The van der Waals surface area contributed by atoms with Crippen LogP contribution in [0.5, 0.6) is 0 Å². The molecule has 14 heavy (non-hydrogen) atoms. The van der Waals surface area contributed by atoms with Gasteiger partial charge in [0.25, 0.3) is 0 Å². The molecule has 0 aromatic carbocycles. The Morgan fingerprint density at radius 3 is 2.86 bits per heavy atom. The van der Waals surface area contributed by atoms with E-state index < -0.39 is 0 Å². The molecule has 0 atom stereocenters. The lowest BCUT2D eigenvalue weighted by Gasteiger charge is -1.97. The molecule has 74 valence electrons. The molecule has 0 aliphatic carbocycles. The van der Waals surface area contributed by atoms with Crippen LogP contribution in [0.25, 0.3) is 0 Å². The van der Waals surface area contributed by atoms with Gasteiger partial charge in [0.05, 0.1) is 16.9 Å². The highest BCUT2D eigenvalue weighted by Gasteiger charge is 1.99. The largest absolute Gasteiger partial charge is 0.272 e. The Hall–Kier alpha value is -1.16. The van der Waals surface area contributed by atoms with Crippen LogP contribution in [0.1, 0.15) is 16.3 Å². The molecule has 0 bridgehead atoms. The van der Waals surface area contributed by atoms with Gasteiger partial charge in [-0.25, -0.2) is 4.98 Å². The minimum atomic E-state index is 0.914. The number of hydrogen-bond acceptors (Lipinski definition) is 3. The molecule has 0 aliphatic heterocycles. The van der Waals surface area contributed by atoms with Gasteiger partial charge in [0.15, 0.2) is 0 Å². The van der Waals surface area contributed by atoms with Crippen LogP contribution in [0.15, 0.2) is 17.8 Å². The van der Waals surface area contributed by atoms with E-state index in [9.17, 15) is 0 Å². The third-order valence-corrected chi connectivity index (χ3v) is 2.85. The van der Waals surface area contributed by atoms with Gasteiger partial charge in [-0.15, -0.1) is 11.3 Å². The molecule has 0 radical (unpaired) electrons. The van der Waals surface area contributed by atoms with Crippen molar-refractivity contribution in [2.45, 2.75) is 26.8 Å². The van der Waals surface area contributed by atoms with E-state index in [-0.39, 0.29) is 0 Å². The Morgan fingerprint density at radius 2 is 2.29 bits per heavy atom. The maximum absolute atomic E-state index is 4.41.